The van der Waals surface area contributed by atoms with Crippen molar-refractivity contribution in [3.8, 4) is 22.9 Å². The van der Waals surface area contributed by atoms with Gasteiger partial charge in [-0.25, -0.2) is 0 Å². The number of hydrogen-bond acceptors (Lipinski definition) is 2. The van der Waals surface area contributed by atoms with Gasteiger partial charge in [0.05, 0.1) is 18.7 Å². The van der Waals surface area contributed by atoms with Crippen molar-refractivity contribution in [1.29, 1.82) is 5.26 Å². The van der Waals surface area contributed by atoms with Gasteiger partial charge in [-0.2, -0.15) is 5.26 Å². The topological polar surface area (TPSA) is 33.0 Å². The van der Waals surface area contributed by atoms with Gasteiger partial charge in [0.2, 0.25) is 0 Å². The van der Waals surface area contributed by atoms with Crippen LogP contribution in [0.15, 0.2) is 72.8 Å². The van der Waals surface area contributed by atoms with Crippen molar-refractivity contribution in [3.05, 3.63) is 84.0 Å². The zero-order valence-electron chi connectivity index (χ0n) is 13.0. The summed E-state index contributed by atoms with van der Waals surface area (Å²) in [7, 11) is 1.68. The van der Waals surface area contributed by atoms with Crippen LogP contribution in [0.4, 0.5) is 0 Å². The number of methoxy groups -OCH3 is 1. The molecule has 3 rings (SSSR count). The van der Waals surface area contributed by atoms with Crippen LogP contribution in [0.1, 0.15) is 17.5 Å². The van der Waals surface area contributed by atoms with Crippen LogP contribution >= 0.6 is 0 Å². The van der Waals surface area contributed by atoms with E-state index in [9.17, 15) is 5.26 Å². The monoisotopic (exact) mass is 299 g/mol. The highest BCUT2D eigenvalue weighted by atomic mass is 16.5. The predicted octanol–water partition coefficient (Wildman–Crippen LogP) is 5.13. The fourth-order valence-electron chi connectivity index (χ4n) is 2.74. The quantitative estimate of drug-likeness (QED) is 0.786. The van der Waals surface area contributed by atoms with Crippen LogP contribution in [-0.2, 0) is 0 Å². The van der Waals surface area contributed by atoms with Gasteiger partial charge in [0, 0.05) is 11.1 Å². The lowest BCUT2D eigenvalue weighted by molar-refractivity contribution is 0.415. The third-order valence-electron chi connectivity index (χ3n) is 3.81. The van der Waals surface area contributed by atoms with Crippen molar-refractivity contribution in [3.63, 3.8) is 0 Å². The van der Waals surface area contributed by atoms with Crippen LogP contribution in [0.5, 0.6) is 5.75 Å². The molecule has 0 fully saturated rings. The van der Waals surface area contributed by atoms with Crippen molar-refractivity contribution in [2.24, 2.45) is 0 Å². The summed E-state index contributed by atoms with van der Waals surface area (Å²) in [5.74, 6) is 0.799. The van der Waals surface area contributed by atoms with E-state index >= 15 is 0 Å². The molecule has 0 bridgehead atoms. The van der Waals surface area contributed by atoms with Crippen LogP contribution < -0.4 is 4.74 Å². The normalized spacial score (nSPS) is 13.1. The molecule has 23 heavy (non-hydrogen) atoms. The summed E-state index contributed by atoms with van der Waals surface area (Å²) in [5, 5.41) is 9.41. The minimum Gasteiger partial charge on any atom is -0.495 e. The molecule has 0 spiro atoms. The number of benzene rings is 2. The number of nitriles is 1. The molecule has 0 aliphatic heterocycles. The number of ether oxygens (including phenoxy) is 1. The third kappa shape index (κ3) is 3.09. The summed E-state index contributed by atoms with van der Waals surface area (Å²) < 4.78 is 5.72. The lowest BCUT2D eigenvalue weighted by Gasteiger charge is -2.15. The largest absolute Gasteiger partial charge is 0.495 e. The van der Waals surface area contributed by atoms with Gasteiger partial charge in [0.1, 0.15) is 5.75 Å². The standard InChI is InChI=1S/C21H17NO/c1-23-21-19(17-9-5-2-3-6-10-17)13-16(15-22)14-20(21)18-11-7-4-8-12-18/h2-5,7-14H,6H2,1H3. The Hall–Kier alpha value is -3.05. The molecular formula is C21H17NO. The molecule has 0 N–H and O–H groups in total. The first kappa shape index (κ1) is 14.9. The van der Waals surface area contributed by atoms with E-state index in [1.54, 1.807) is 7.11 Å². The van der Waals surface area contributed by atoms with Gasteiger partial charge in [-0.15, -0.1) is 0 Å². The molecular weight excluding hydrogens is 282 g/mol. The summed E-state index contributed by atoms with van der Waals surface area (Å²) in [6, 6.07) is 16.1. The molecule has 0 heterocycles. The smallest absolute Gasteiger partial charge is 0.134 e. The van der Waals surface area contributed by atoms with E-state index in [1.165, 1.54) is 0 Å². The van der Waals surface area contributed by atoms with Crippen molar-refractivity contribution in [2.45, 2.75) is 6.42 Å². The van der Waals surface area contributed by atoms with Gasteiger partial charge in [-0.3, -0.25) is 0 Å². The average Bonchev–Trinajstić information content (AvgIpc) is 2.90. The van der Waals surface area contributed by atoms with Crippen LogP contribution in [0.3, 0.4) is 0 Å². The molecule has 2 heteroatoms. The first-order valence-corrected chi connectivity index (χ1v) is 7.55. The molecule has 2 aromatic rings. The van der Waals surface area contributed by atoms with E-state index in [0.717, 1.165) is 34.4 Å². The molecule has 0 amide bonds. The van der Waals surface area contributed by atoms with E-state index in [0.29, 0.717) is 5.56 Å². The summed E-state index contributed by atoms with van der Waals surface area (Å²) in [6.07, 6.45) is 11.2. The highest BCUT2D eigenvalue weighted by Crippen LogP contribution is 2.38. The van der Waals surface area contributed by atoms with Gasteiger partial charge in [-0.05, 0) is 29.7 Å². The summed E-state index contributed by atoms with van der Waals surface area (Å²) in [4.78, 5) is 0. The molecule has 112 valence electrons. The Balaban J connectivity index is 2.24. The predicted molar refractivity (Wildman–Crippen MR) is 94.0 cm³/mol. The molecule has 1 aliphatic carbocycles. The number of hydrogen-bond donors (Lipinski definition) is 0. The van der Waals surface area contributed by atoms with Gasteiger partial charge in [0.25, 0.3) is 0 Å². The zero-order valence-corrected chi connectivity index (χ0v) is 13.0. The molecule has 0 saturated heterocycles. The summed E-state index contributed by atoms with van der Waals surface area (Å²) >= 11 is 0. The van der Waals surface area contributed by atoms with Gasteiger partial charge < -0.3 is 4.74 Å². The highest BCUT2D eigenvalue weighted by molar-refractivity contribution is 5.86. The first-order valence-electron chi connectivity index (χ1n) is 7.55. The lowest BCUT2D eigenvalue weighted by Crippen LogP contribution is -1.96. The second-order valence-corrected chi connectivity index (χ2v) is 5.26. The maximum Gasteiger partial charge on any atom is 0.134 e. The molecule has 0 aromatic heterocycles. The highest BCUT2D eigenvalue weighted by Gasteiger charge is 2.15. The van der Waals surface area contributed by atoms with E-state index in [1.807, 2.05) is 54.6 Å². The Kier molecular flexibility index (Phi) is 4.40. The lowest BCUT2D eigenvalue weighted by atomic mass is 9.94. The van der Waals surface area contributed by atoms with Crippen molar-refractivity contribution in [1.82, 2.24) is 0 Å². The molecule has 0 atom stereocenters. The van der Waals surface area contributed by atoms with Crippen molar-refractivity contribution in [2.75, 3.05) is 7.11 Å². The fourth-order valence-corrected chi connectivity index (χ4v) is 2.74. The summed E-state index contributed by atoms with van der Waals surface area (Å²) in [6.45, 7) is 0. The van der Waals surface area contributed by atoms with Gasteiger partial charge >= 0.3 is 0 Å². The summed E-state index contributed by atoms with van der Waals surface area (Å²) in [5.41, 5.74) is 4.63. The van der Waals surface area contributed by atoms with E-state index in [-0.39, 0.29) is 0 Å². The van der Waals surface area contributed by atoms with E-state index in [4.69, 9.17) is 4.74 Å². The first-order chi connectivity index (χ1) is 11.3. The average molecular weight is 299 g/mol. The maximum absolute atomic E-state index is 9.41. The van der Waals surface area contributed by atoms with Crippen LogP contribution in [-0.4, -0.2) is 7.11 Å². The molecule has 2 aromatic carbocycles. The van der Waals surface area contributed by atoms with Crippen molar-refractivity contribution < 1.29 is 4.74 Å². The SMILES string of the molecule is COc1c(C2=CCC=CC=C2)cc(C#N)cc1-c1ccccc1. The van der Waals surface area contributed by atoms with Crippen LogP contribution in [0.2, 0.25) is 0 Å². The van der Waals surface area contributed by atoms with Gasteiger partial charge in [0.15, 0.2) is 0 Å². The molecule has 1 aliphatic rings. The van der Waals surface area contributed by atoms with E-state index < -0.39 is 0 Å². The Bertz CT molecular complexity index is 836. The Morgan fingerprint density at radius 1 is 1.04 bits per heavy atom. The van der Waals surface area contributed by atoms with Crippen LogP contribution in [0, 0.1) is 11.3 Å². The van der Waals surface area contributed by atoms with E-state index in [2.05, 4.69) is 24.3 Å². The minimum absolute atomic E-state index is 0.631. The number of rotatable bonds is 3. The zero-order chi connectivity index (χ0) is 16.1. The number of allylic oxidation sites excluding steroid dienone is 6. The van der Waals surface area contributed by atoms with Gasteiger partial charge in [-0.1, -0.05) is 60.7 Å². The Labute approximate surface area is 136 Å². The minimum atomic E-state index is 0.631. The molecule has 2 nitrogen and oxygen atoms in total. The number of nitrogens with zero attached hydrogens (tertiary/aromatic N) is 1. The Morgan fingerprint density at radius 3 is 2.57 bits per heavy atom. The third-order valence-corrected chi connectivity index (χ3v) is 3.81. The second-order valence-electron chi connectivity index (χ2n) is 5.26. The van der Waals surface area contributed by atoms with Crippen molar-refractivity contribution >= 4 is 5.57 Å². The fraction of sp³-hybridized carbons (Fsp3) is 0.0952. The molecule has 0 radical (unpaired) electrons. The second kappa shape index (κ2) is 6.81. The Morgan fingerprint density at radius 2 is 1.83 bits per heavy atom. The maximum atomic E-state index is 9.41. The van der Waals surface area contributed by atoms with Crippen LogP contribution in [0.25, 0.3) is 16.7 Å². The molecule has 0 unspecified atom stereocenters. The molecule has 0 saturated carbocycles.